The second kappa shape index (κ2) is 54.5. The summed E-state index contributed by atoms with van der Waals surface area (Å²) in [6.45, 7) is 6.42. The van der Waals surface area contributed by atoms with Crippen LogP contribution in [0.3, 0.4) is 0 Å². The highest BCUT2D eigenvalue weighted by Gasteiger charge is 2.19. The molecule has 0 aliphatic heterocycles. The normalized spacial score (nSPS) is 12.6. The largest absolute Gasteiger partial charge is 0.462 e. The van der Waals surface area contributed by atoms with Gasteiger partial charge in [-0.2, -0.15) is 0 Å². The van der Waals surface area contributed by atoms with Crippen molar-refractivity contribution in [3.8, 4) is 0 Å². The predicted molar refractivity (Wildman–Crippen MR) is 284 cm³/mol. The lowest BCUT2D eigenvalue weighted by atomic mass is 10.0. The molecule has 1 atom stereocenters. The fourth-order valence-electron chi connectivity index (χ4n) is 7.82. The number of carbonyl (C=O) groups excluding carboxylic acids is 3. The highest BCUT2D eigenvalue weighted by molar-refractivity contribution is 5.71. The van der Waals surface area contributed by atoms with Gasteiger partial charge in [-0.25, -0.2) is 0 Å². The molecular weight excluding hydrogens is 817 g/mol. The monoisotopic (exact) mass is 921 g/mol. The molecule has 0 rings (SSSR count). The minimum Gasteiger partial charge on any atom is -0.462 e. The number of carbonyl (C=O) groups is 3. The van der Waals surface area contributed by atoms with Gasteiger partial charge in [0.1, 0.15) is 13.2 Å². The molecule has 0 aromatic heterocycles. The predicted octanol–water partition coefficient (Wildman–Crippen LogP) is 18.6. The molecule has 0 bridgehead atoms. The lowest BCUT2D eigenvalue weighted by Crippen LogP contribution is -2.30. The van der Waals surface area contributed by atoms with Crippen molar-refractivity contribution in [1.29, 1.82) is 0 Å². The van der Waals surface area contributed by atoms with Gasteiger partial charge in [-0.3, -0.25) is 14.4 Å². The number of rotatable bonds is 50. The summed E-state index contributed by atoms with van der Waals surface area (Å²) < 4.78 is 16.7. The number of unbranched alkanes of at least 4 members (excludes halogenated alkanes) is 27. The lowest BCUT2D eigenvalue weighted by Gasteiger charge is -2.18. The van der Waals surface area contributed by atoms with Crippen LogP contribution in [0.15, 0.2) is 72.9 Å². The van der Waals surface area contributed by atoms with Gasteiger partial charge in [-0.15, -0.1) is 0 Å². The van der Waals surface area contributed by atoms with Crippen molar-refractivity contribution in [1.82, 2.24) is 0 Å². The Kier molecular flexibility index (Phi) is 51.9. The zero-order chi connectivity index (χ0) is 47.9. The molecule has 0 saturated heterocycles. The molecule has 0 fully saturated rings. The first-order valence-electron chi connectivity index (χ1n) is 27.9. The van der Waals surface area contributed by atoms with Crippen molar-refractivity contribution in [2.75, 3.05) is 13.2 Å². The van der Waals surface area contributed by atoms with Crippen molar-refractivity contribution in [2.24, 2.45) is 0 Å². The molecule has 0 heterocycles. The Morgan fingerprint density at radius 3 is 0.894 bits per heavy atom. The molecule has 0 aliphatic carbocycles. The number of hydrogen-bond acceptors (Lipinski definition) is 6. The first kappa shape index (κ1) is 62.8. The molecule has 0 saturated carbocycles. The van der Waals surface area contributed by atoms with Gasteiger partial charge in [0.2, 0.25) is 0 Å². The second-order valence-electron chi connectivity index (χ2n) is 18.5. The average Bonchev–Trinajstić information content (AvgIpc) is 3.31. The molecule has 380 valence electrons. The maximum atomic E-state index is 12.7. The Balaban J connectivity index is 4.22. The highest BCUT2D eigenvalue weighted by Crippen LogP contribution is 2.16. The molecule has 0 radical (unpaired) electrons. The number of ether oxygens (including phenoxy) is 3. The number of hydrogen-bond donors (Lipinski definition) is 0. The zero-order valence-electron chi connectivity index (χ0n) is 43.4. The van der Waals surface area contributed by atoms with Gasteiger partial charge in [-0.05, 0) is 57.8 Å². The van der Waals surface area contributed by atoms with E-state index in [-0.39, 0.29) is 31.6 Å². The van der Waals surface area contributed by atoms with Gasteiger partial charge < -0.3 is 14.2 Å². The van der Waals surface area contributed by atoms with Crippen molar-refractivity contribution in [3.63, 3.8) is 0 Å². The van der Waals surface area contributed by atoms with Crippen molar-refractivity contribution < 1.29 is 28.6 Å². The Hall–Kier alpha value is -3.15. The molecule has 0 amide bonds. The Morgan fingerprint density at radius 2 is 0.591 bits per heavy atom. The van der Waals surface area contributed by atoms with Crippen LogP contribution in [0.2, 0.25) is 0 Å². The van der Waals surface area contributed by atoms with Crippen LogP contribution >= 0.6 is 0 Å². The molecule has 0 aromatic carbocycles. The van der Waals surface area contributed by atoms with E-state index < -0.39 is 12.1 Å². The van der Waals surface area contributed by atoms with Crippen LogP contribution in [0.4, 0.5) is 0 Å². The van der Waals surface area contributed by atoms with Crippen LogP contribution in [-0.2, 0) is 28.6 Å². The SMILES string of the molecule is CC/C=C\C/C=C\C/C=C\C/C=C\C/C=C\C/C=C\CCC(=O)OC(COC(=O)CCCCCCCC)COC(=O)CCCCCCCCCCCCCCCCCCCCCCCCC. The van der Waals surface area contributed by atoms with E-state index in [4.69, 9.17) is 14.2 Å². The van der Waals surface area contributed by atoms with Gasteiger partial charge in [0.15, 0.2) is 6.10 Å². The Morgan fingerprint density at radius 1 is 0.318 bits per heavy atom. The van der Waals surface area contributed by atoms with E-state index in [9.17, 15) is 14.4 Å². The number of esters is 3. The minimum atomic E-state index is -0.811. The van der Waals surface area contributed by atoms with Crippen LogP contribution in [0.1, 0.15) is 271 Å². The molecule has 0 aromatic rings. The summed E-state index contributed by atoms with van der Waals surface area (Å²) in [4.78, 5) is 37.8. The van der Waals surface area contributed by atoms with E-state index in [0.717, 1.165) is 77.0 Å². The van der Waals surface area contributed by atoms with Crippen molar-refractivity contribution in [2.45, 2.75) is 277 Å². The van der Waals surface area contributed by atoms with Crippen LogP contribution in [0.5, 0.6) is 0 Å². The molecule has 66 heavy (non-hydrogen) atoms. The molecule has 0 aliphatic rings. The Bertz CT molecular complexity index is 1240. The van der Waals surface area contributed by atoms with Crippen LogP contribution in [-0.4, -0.2) is 37.2 Å². The third-order valence-corrected chi connectivity index (χ3v) is 12.0. The molecule has 6 heteroatoms. The molecule has 0 N–H and O–H groups in total. The van der Waals surface area contributed by atoms with E-state index in [1.54, 1.807) is 0 Å². The molecule has 6 nitrogen and oxygen atoms in total. The fraction of sp³-hybridized carbons (Fsp3) is 0.750. The van der Waals surface area contributed by atoms with Gasteiger partial charge >= 0.3 is 17.9 Å². The van der Waals surface area contributed by atoms with E-state index in [2.05, 4.69) is 81.5 Å². The molecule has 1 unspecified atom stereocenters. The fourth-order valence-corrected chi connectivity index (χ4v) is 7.82. The first-order chi connectivity index (χ1) is 32.5. The lowest BCUT2D eigenvalue weighted by molar-refractivity contribution is -0.166. The van der Waals surface area contributed by atoms with Crippen molar-refractivity contribution >= 4 is 17.9 Å². The highest BCUT2D eigenvalue weighted by atomic mass is 16.6. The van der Waals surface area contributed by atoms with Gasteiger partial charge in [-0.1, -0.05) is 267 Å². The zero-order valence-corrected chi connectivity index (χ0v) is 43.4. The van der Waals surface area contributed by atoms with E-state index in [0.29, 0.717) is 19.3 Å². The van der Waals surface area contributed by atoms with E-state index in [1.165, 1.54) is 148 Å². The quantitative estimate of drug-likeness (QED) is 0.0262. The summed E-state index contributed by atoms with van der Waals surface area (Å²) in [5.74, 6) is -0.992. The van der Waals surface area contributed by atoms with Gasteiger partial charge in [0.25, 0.3) is 0 Å². The summed E-state index contributed by atoms with van der Waals surface area (Å²) >= 11 is 0. The molecule has 0 spiro atoms. The summed E-state index contributed by atoms with van der Waals surface area (Å²) in [7, 11) is 0. The summed E-state index contributed by atoms with van der Waals surface area (Å²) in [6.07, 6.45) is 69.5. The van der Waals surface area contributed by atoms with E-state index in [1.807, 2.05) is 12.2 Å². The third kappa shape index (κ3) is 51.8. The maximum absolute atomic E-state index is 12.7. The summed E-state index contributed by atoms with van der Waals surface area (Å²) in [6, 6.07) is 0. The topological polar surface area (TPSA) is 78.9 Å². The van der Waals surface area contributed by atoms with E-state index >= 15 is 0 Å². The molecular formula is C60H104O6. The van der Waals surface area contributed by atoms with Crippen LogP contribution < -0.4 is 0 Å². The standard InChI is InChI=1S/C60H104O6/c1-4-7-10-13-16-18-20-22-24-26-28-29-30-31-33-34-36-38-40-42-44-47-50-53-59(62)65-56-57(55-64-58(61)52-49-46-15-12-9-6-3)66-60(63)54-51-48-45-43-41-39-37-35-32-27-25-23-21-19-17-14-11-8-5-2/h8,11,17,19,23,25,32,35,39,41,45,48,57H,4-7,9-10,12-16,18,20-22,24,26-31,33-34,36-38,40,42-44,46-47,49-56H2,1-3H3/b11-8-,19-17-,25-23-,35-32-,41-39-,48-45-. The second-order valence-corrected chi connectivity index (χ2v) is 18.5. The maximum Gasteiger partial charge on any atom is 0.306 e. The van der Waals surface area contributed by atoms with Crippen molar-refractivity contribution in [3.05, 3.63) is 72.9 Å². The third-order valence-electron chi connectivity index (χ3n) is 12.0. The smallest absolute Gasteiger partial charge is 0.306 e. The first-order valence-corrected chi connectivity index (χ1v) is 27.9. The van der Waals surface area contributed by atoms with Gasteiger partial charge in [0.05, 0.1) is 0 Å². The van der Waals surface area contributed by atoms with Crippen LogP contribution in [0.25, 0.3) is 0 Å². The van der Waals surface area contributed by atoms with Crippen LogP contribution in [0, 0.1) is 0 Å². The summed E-state index contributed by atoms with van der Waals surface area (Å²) in [5, 5.41) is 0. The Labute approximate surface area is 408 Å². The average molecular weight is 921 g/mol. The minimum absolute atomic E-state index is 0.103. The van der Waals surface area contributed by atoms with Gasteiger partial charge in [0, 0.05) is 19.3 Å². The summed E-state index contributed by atoms with van der Waals surface area (Å²) in [5.41, 5.74) is 0. The number of allylic oxidation sites excluding steroid dienone is 12.